The van der Waals surface area contributed by atoms with Crippen LogP contribution in [0.15, 0.2) is 42.5 Å². The zero-order chi connectivity index (χ0) is 23.0. The zero-order valence-electron chi connectivity index (χ0n) is 17.4. The smallest absolute Gasteiger partial charge is 0.250 e. The Morgan fingerprint density at radius 1 is 1.19 bits per heavy atom. The van der Waals surface area contributed by atoms with Crippen molar-refractivity contribution in [1.29, 1.82) is 0 Å². The maximum absolute atomic E-state index is 14.9. The number of anilines is 3. The number of nitrogens with zero attached hydrogens (tertiary/aromatic N) is 1. The minimum atomic E-state index is -1.15. The molecule has 0 bridgehead atoms. The van der Waals surface area contributed by atoms with E-state index in [-0.39, 0.29) is 17.2 Å². The quantitative estimate of drug-likeness (QED) is 0.412. The lowest BCUT2D eigenvalue weighted by Gasteiger charge is -2.20. The summed E-state index contributed by atoms with van der Waals surface area (Å²) >= 11 is 1.19. The number of halogens is 1. The van der Waals surface area contributed by atoms with Crippen molar-refractivity contribution in [2.75, 3.05) is 17.7 Å². The molecule has 1 aliphatic rings. The Hall–Kier alpha value is -3.66. The fraction of sp³-hybridized carbons (Fsp3) is 0.227. The van der Waals surface area contributed by atoms with Gasteiger partial charge in [0.15, 0.2) is 0 Å². The molecule has 1 aliphatic carbocycles. The third-order valence-corrected chi connectivity index (χ3v) is 6.33. The largest absolute Gasteiger partial charge is 0.497 e. The van der Waals surface area contributed by atoms with E-state index in [1.54, 1.807) is 25.3 Å². The summed E-state index contributed by atoms with van der Waals surface area (Å²) < 4.78 is 24.3. The highest BCUT2D eigenvalue weighted by Crippen LogP contribution is 2.54. The van der Waals surface area contributed by atoms with Crippen molar-refractivity contribution in [3.63, 3.8) is 0 Å². The summed E-state index contributed by atoms with van der Waals surface area (Å²) in [6, 6.07) is 11.5. The first-order valence-electron chi connectivity index (χ1n) is 9.79. The number of primary amides is 2. The summed E-state index contributed by atoms with van der Waals surface area (Å²) in [5.74, 6) is -1.64. The normalized spacial score (nSPS) is 19.3. The third kappa shape index (κ3) is 3.96. The van der Waals surface area contributed by atoms with Crippen LogP contribution in [-0.2, 0) is 4.79 Å². The van der Waals surface area contributed by atoms with Gasteiger partial charge in [-0.05, 0) is 60.8 Å². The number of carbonyl (C=O) groups is 2. The molecule has 1 aromatic heterocycles. The first-order valence-corrected chi connectivity index (χ1v) is 10.6. The number of ether oxygens (including phenoxy) is 1. The van der Waals surface area contributed by atoms with Crippen LogP contribution in [0.4, 0.5) is 20.8 Å². The van der Waals surface area contributed by atoms with E-state index < -0.39 is 23.2 Å². The number of rotatable bonds is 8. The number of carbonyl (C=O) groups excluding carboxylic acids is 2. The van der Waals surface area contributed by atoms with Gasteiger partial charge >= 0.3 is 0 Å². The van der Waals surface area contributed by atoms with Crippen LogP contribution in [0.2, 0.25) is 0 Å². The summed E-state index contributed by atoms with van der Waals surface area (Å²) in [5.41, 5.74) is 12.0. The van der Waals surface area contributed by atoms with Gasteiger partial charge in [-0.3, -0.25) is 9.59 Å². The highest BCUT2D eigenvalue weighted by Gasteiger charge is 2.60. The van der Waals surface area contributed by atoms with Gasteiger partial charge in [-0.25, -0.2) is 4.39 Å². The van der Waals surface area contributed by atoms with Gasteiger partial charge in [0.25, 0.3) is 5.91 Å². The molecule has 8 nitrogen and oxygen atoms in total. The summed E-state index contributed by atoms with van der Waals surface area (Å²) in [5, 5.41) is 6.70. The molecule has 0 saturated heterocycles. The third-order valence-electron chi connectivity index (χ3n) is 5.53. The molecule has 4 rings (SSSR count). The Balaban J connectivity index is 1.66. The van der Waals surface area contributed by atoms with Gasteiger partial charge in [0.05, 0.1) is 29.7 Å². The molecule has 0 spiro atoms. The van der Waals surface area contributed by atoms with Crippen LogP contribution >= 0.6 is 11.5 Å². The van der Waals surface area contributed by atoms with Crippen LogP contribution in [0.1, 0.15) is 34.0 Å². The number of methoxy groups -OCH3 is 1. The standard InChI is InChI=1S/C22H22FN5O3S/c1-11-7-19(32-28-11)26-17-9-18(16(23)8-14(17)20(24)29)27-22(21(25)30)10-15(22)12-3-5-13(31-2)6-4-12/h3-9,15,26-27H,10H2,1-2H3,(H2,24,29)(H2,25,30)/t15?,22-/m1/s1. The van der Waals surface area contributed by atoms with Crippen LogP contribution < -0.4 is 26.8 Å². The SMILES string of the molecule is COc1ccc(C2C[C@]2(Nc2cc(Nc3cc(C)ns3)c(C(N)=O)cc2F)C(N)=O)cc1. The van der Waals surface area contributed by atoms with E-state index in [1.807, 2.05) is 19.1 Å². The first kappa shape index (κ1) is 21.6. The number of aromatic nitrogens is 1. The minimum absolute atomic E-state index is 0.0188. The lowest BCUT2D eigenvalue weighted by molar-refractivity contribution is -0.119. The number of nitrogens with one attached hydrogen (secondary N) is 2. The number of aryl methyl sites for hydroxylation is 1. The van der Waals surface area contributed by atoms with Gasteiger partial charge in [-0.2, -0.15) is 4.37 Å². The molecule has 1 heterocycles. The highest BCUT2D eigenvalue weighted by molar-refractivity contribution is 7.10. The molecule has 2 amide bonds. The van der Waals surface area contributed by atoms with Gasteiger partial charge in [0.2, 0.25) is 5.91 Å². The molecule has 0 aliphatic heterocycles. The summed E-state index contributed by atoms with van der Waals surface area (Å²) in [6.45, 7) is 1.83. The minimum Gasteiger partial charge on any atom is -0.497 e. The molecule has 32 heavy (non-hydrogen) atoms. The Morgan fingerprint density at radius 2 is 1.91 bits per heavy atom. The molecule has 2 aromatic carbocycles. The number of hydrogen-bond donors (Lipinski definition) is 4. The first-order chi connectivity index (χ1) is 15.2. The summed E-state index contributed by atoms with van der Waals surface area (Å²) in [4.78, 5) is 24.3. The molecule has 166 valence electrons. The number of benzene rings is 2. The van der Waals surface area contributed by atoms with Gasteiger partial charge < -0.3 is 26.8 Å². The average Bonchev–Trinajstić information content (AvgIpc) is 3.36. The Bertz CT molecular complexity index is 1200. The topological polar surface area (TPSA) is 132 Å². The van der Waals surface area contributed by atoms with E-state index in [2.05, 4.69) is 15.0 Å². The van der Waals surface area contributed by atoms with E-state index >= 15 is 0 Å². The van der Waals surface area contributed by atoms with Crippen LogP contribution in [0.25, 0.3) is 0 Å². The molecule has 10 heteroatoms. The second-order valence-corrected chi connectivity index (χ2v) is 8.49. The lowest BCUT2D eigenvalue weighted by atomic mass is 10.0. The molecule has 2 atom stereocenters. The van der Waals surface area contributed by atoms with Gasteiger partial charge in [0.1, 0.15) is 22.1 Å². The van der Waals surface area contributed by atoms with Crippen molar-refractivity contribution < 1.29 is 18.7 Å². The van der Waals surface area contributed by atoms with Crippen LogP contribution in [0, 0.1) is 12.7 Å². The maximum atomic E-state index is 14.9. The Labute approximate surface area is 187 Å². The van der Waals surface area contributed by atoms with E-state index in [0.717, 1.165) is 17.3 Å². The molecular weight excluding hydrogens is 433 g/mol. The molecule has 1 saturated carbocycles. The van der Waals surface area contributed by atoms with Gasteiger partial charge in [-0.1, -0.05) is 12.1 Å². The number of hydrogen-bond acceptors (Lipinski definition) is 7. The summed E-state index contributed by atoms with van der Waals surface area (Å²) in [7, 11) is 1.57. The monoisotopic (exact) mass is 455 g/mol. The highest BCUT2D eigenvalue weighted by atomic mass is 32.1. The van der Waals surface area contributed by atoms with Crippen molar-refractivity contribution >= 4 is 39.7 Å². The molecular formula is C22H22FN5O3S. The van der Waals surface area contributed by atoms with E-state index in [0.29, 0.717) is 22.9 Å². The Morgan fingerprint density at radius 3 is 2.47 bits per heavy atom. The van der Waals surface area contributed by atoms with E-state index in [1.165, 1.54) is 17.6 Å². The van der Waals surface area contributed by atoms with Crippen molar-refractivity contribution in [2.45, 2.75) is 24.8 Å². The lowest BCUT2D eigenvalue weighted by Crippen LogP contribution is -2.39. The predicted octanol–water partition coefficient (Wildman–Crippen LogP) is 3.27. The van der Waals surface area contributed by atoms with Crippen LogP contribution in [-0.4, -0.2) is 28.8 Å². The predicted molar refractivity (Wildman–Crippen MR) is 121 cm³/mol. The summed E-state index contributed by atoms with van der Waals surface area (Å²) in [6.07, 6.45) is 0.405. The average molecular weight is 456 g/mol. The van der Waals surface area contributed by atoms with Crippen molar-refractivity contribution in [3.8, 4) is 5.75 Å². The maximum Gasteiger partial charge on any atom is 0.250 e. The zero-order valence-corrected chi connectivity index (χ0v) is 18.3. The second-order valence-electron chi connectivity index (χ2n) is 7.69. The Kier molecular flexibility index (Phi) is 5.47. The fourth-order valence-electron chi connectivity index (χ4n) is 3.75. The van der Waals surface area contributed by atoms with E-state index in [9.17, 15) is 14.0 Å². The van der Waals surface area contributed by atoms with Crippen molar-refractivity contribution in [3.05, 3.63) is 65.1 Å². The molecule has 0 radical (unpaired) electrons. The second kappa shape index (κ2) is 8.12. The number of nitrogens with two attached hydrogens (primary N) is 2. The van der Waals surface area contributed by atoms with Gasteiger partial charge in [0, 0.05) is 5.92 Å². The fourth-order valence-corrected chi connectivity index (χ4v) is 4.42. The molecule has 1 unspecified atom stereocenters. The van der Waals surface area contributed by atoms with Crippen LogP contribution in [0.5, 0.6) is 5.75 Å². The molecule has 1 fully saturated rings. The van der Waals surface area contributed by atoms with E-state index in [4.69, 9.17) is 16.2 Å². The van der Waals surface area contributed by atoms with Crippen LogP contribution in [0.3, 0.4) is 0 Å². The molecule has 6 N–H and O–H groups in total. The van der Waals surface area contributed by atoms with Crippen molar-refractivity contribution in [1.82, 2.24) is 4.37 Å². The number of amides is 2. The van der Waals surface area contributed by atoms with Gasteiger partial charge in [-0.15, -0.1) is 0 Å². The van der Waals surface area contributed by atoms with Crippen molar-refractivity contribution in [2.24, 2.45) is 11.5 Å². The molecule has 3 aromatic rings.